The molecule has 0 saturated carbocycles. The van der Waals surface area contributed by atoms with Gasteiger partial charge in [-0.15, -0.1) is 0 Å². The van der Waals surface area contributed by atoms with Gasteiger partial charge in [0.05, 0.1) is 31.1 Å². The Labute approximate surface area is 417 Å². The average Bonchev–Trinajstić information content (AvgIpc) is 3.75. The Morgan fingerprint density at radius 2 is 1.25 bits per heavy atom. The van der Waals surface area contributed by atoms with E-state index in [0.29, 0.717) is 57.8 Å². The largest absolute Gasteiger partial charge is 0.506 e. The van der Waals surface area contributed by atoms with Crippen molar-refractivity contribution in [1.29, 1.82) is 0 Å². The summed E-state index contributed by atoms with van der Waals surface area (Å²) in [4.78, 5) is 44.0. The summed E-state index contributed by atoms with van der Waals surface area (Å²) < 4.78 is 21.3. The van der Waals surface area contributed by atoms with E-state index in [1.165, 1.54) is 25.3 Å². The third-order valence-electron chi connectivity index (χ3n) is 10.4. The van der Waals surface area contributed by atoms with E-state index >= 15 is 0 Å². The number of hydrogen-bond donors (Lipinski definition) is 6. The predicted octanol–water partition coefficient (Wildman–Crippen LogP) is 9.45. The Morgan fingerprint density at radius 3 is 1.77 bits per heavy atom. The molecule has 1 aliphatic rings. The lowest BCUT2D eigenvalue weighted by molar-refractivity contribution is -0.176. The highest BCUT2D eigenvalue weighted by Gasteiger charge is 2.29. The number of aliphatic hydroxyl groups is 2. The fourth-order valence-electron chi connectivity index (χ4n) is 6.44. The van der Waals surface area contributed by atoms with Gasteiger partial charge in [0, 0.05) is 71.5 Å². The summed E-state index contributed by atoms with van der Waals surface area (Å²) in [6, 6.07) is 0. The normalized spacial score (nSPS) is 15.7. The van der Waals surface area contributed by atoms with Crippen LogP contribution in [-0.4, -0.2) is 83.7 Å². The average molecular weight is 1000 g/mol. The molecule has 0 radical (unpaired) electrons. The van der Waals surface area contributed by atoms with Gasteiger partial charge in [0.15, 0.2) is 0 Å². The maximum absolute atomic E-state index is 12.0. The molecule has 3 rings (SSSR count). The molecule has 0 aromatic carbocycles. The molecule has 1 amide bonds. The van der Waals surface area contributed by atoms with Gasteiger partial charge in [-0.2, -0.15) is 0 Å². The summed E-state index contributed by atoms with van der Waals surface area (Å²) in [5.74, 6) is 0.475. The van der Waals surface area contributed by atoms with E-state index in [0.717, 1.165) is 57.8 Å². The molecular formula is C51H78N4O12S2. The Morgan fingerprint density at radius 1 is 0.739 bits per heavy atom. The number of carbonyl (C=O) groups excluding carboxylic acids is 3. The van der Waals surface area contributed by atoms with Gasteiger partial charge in [-0.1, -0.05) is 95.7 Å². The fraction of sp³-hybridized carbons (Fsp3) is 0.549. The number of aromatic nitrogens is 2. The first kappa shape index (κ1) is 62.3. The number of rotatable bonds is 30. The number of carbonyl (C=O) groups is 3. The minimum atomic E-state index is -1.06. The van der Waals surface area contributed by atoms with Crippen LogP contribution in [0, 0.1) is 13.8 Å². The van der Waals surface area contributed by atoms with Crippen LogP contribution in [0.2, 0.25) is 0 Å². The van der Waals surface area contributed by atoms with Crippen LogP contribution in [0.25, 0.3) is 0 Å². The summed E-state index contributed by atoms with van der Waals surface area (Å²) in [5, 5.41) is 44.5. The lowest BCUT2D eigenvalue weighted by Gasteiger charge is -2.21. The molecule has 0 spiro atoms. The Hall–Kier alpha value is -4.69. The van der Waals surface area contributed by atoms with E-state index < -0.39 is 24.6 Å². The number of aryl methyl sites for hydroxylation is 2. The van der Waals surface area contributed by atoms with Crippen LogP contribution in [0.1, 0.15) is 145 Å². The molecular weight excluding hydrogens is 925 g/mol. The van der Waals surface area contributed by atoms with Crippen LogP contribution >= 0.6 is 21.6 Å². The molecule has 0 aliphatic carbocycles. The van der Waals surface area contributed by atoms with Gasteiger partial charge in [0.25, 0.3) is 0 Å². The zero-order valence-corrected chi connectivity index (χ0v) is 43.0. The summed E-state index contributed by atoms with van der Waals surface area (Å²) in [5.41, 5.74) is 2.77. The number of unbranched alkanes of at least 4 members (excludes halogenated alkanes) is 2. The van der Waals surface area contributed by atoms with Crippen LogP contribution < -0.4 is 10.6 Å². The number of nitrogens with one attached hydrogen (secondary N) is 2. The maximum atomic E-state index is 12.0. The highest BCUT2D eigenvalue weighted by molar-refractivity contribution is 8.77. The number of nitrogens with zero attached hydrogens (tertiary/aromatic N) is 2. The minimum absolute atomic E-state index is 0. The smallest absolute Gasteiger partial charge is 0.410 e. The van der Waals surface area contributed by atoms with Crippen molar-refractivity contribution >= 4 is 39.6 Å². The quantitative estimate of drug-likeness (QED) is 0.0140. The van der Waals surface area contributed by atoms with Crippen molar-refractivity contribution in [2.45, 2.75) is 169 Å². The lowest BCUT2D eigenvalue weighted by atomic mass is 9.99. The second kappa shape index (κ2) is 37.2. The number of amides is 1. The van der Waals surface area contributed by atoms with Gasteiger partial charge in [0.1, 0.15) is 18.2 Å². The lowest BCUT2D eigenvalue weighted by Crippen LogP contribution is -2.30. The molecule has 2 aromatic rings. The van der Waals surface area contributed by atoms with Crippen molar-refractivity contribution in [3.8, 4) is 11.5 Å². The molecule has 69 heavy (non-hydrogen) atoms. The van der Waals surface area contributed by atoms with Gasteiger partial charge in [-0.25, -0.2) is 4.79 Å². The molecule has 2 aromatic heterocycles. The van der Waals surface area contributed by atoms with Crippen molar-refractivity contribution in [2.75, 3.05) is 12.5 Å². The van der Waals surface area contributed by atoms with E-state index in [2.05, 4.69) is 89.1 Å². The Bertz CT molecular complexity index is 1950. The molecule has 0 bridgehead atoms. The van der Waals surface area contributed by atoms with Crippen LogP contribution in [0.5, 0.6) is 11.5 Å². The maximum Gasteiger partial charge on any atom is 0.410 e. The molecule has 3 heterocycles. The molecule has 386 valence electrons. The zero-order valence-electron chi connectivity index (χ0n) is 41.4. The summed E-state index contributed by atoms with van der Waals surface area (Å²) >= 11 is 0. The molecule has 2 unspecified atom stereocenters. The standard InChI is InChI=1S/C31H44N2O6.C20H32N2O5S2.H2O/c1-4-5-6-7-8-9-10-11-12-13-14-15-16-17-18-19-20-21-29(35)38-26(3)39-31(37)33-23-28-27(24-34)22-32-25(2)30(28)36;1-14-19(25)17(16(12-23)10-22-14)11-21-13-26-15(2)27-18(24)6-4-5-7-20(3)8-9-28-29-20;/h5-6,8-9,11-12,14-15,17-18,22,26,34,36H,4,7,10,13,16,19-21,23-24H2,1-3H3,(H,33,37);10,15,21,23,25H,4-9,11-13H2,1-3H3;1H2/b6-5-,9-8-,12-11-,15-14-,18-17-;;/t;15?,20-;/m.1./s1. The molecule has 18 heteroatoms. The topological polar surface area (TPSA) is 250 Å². The predicted molar refractivity (Wildman–Crippen MR) is 274 cm³/mol. The highest BCUT2D eigenvalue weighted by Crippen LogP contribution is 2.49. The van der Waals surface area contributed by atoms with E-state index in [1.54, 1.807) is 27.0 Å². The molecule has 1 saturated heterocycles. The monoisotopic (exact) mass is 1000 g/mol. The SMILES string of the molecule is CC/C=C\C/C=C\C/C=C\C/C=C\C/C=C\CCCC(=O)OC(C)OC(=O)NCc1c(CO)cnc(C)c1O.Cc1ncc(CO)c(CNCOC(C)OC(=O)CCCC[C@]2(C)CCSS2)c1O.O. The van der Waals surface area contributed by atoms with E-state index in [9.17, 15) is 34.8 Å². The van der Waals surface area contributed by atoms with Crippen molar-refractivity contribution in [1.82, 2.24) is 20.6 Å². The number of aliphatic hydroxyl groups excluding tert-OH is 2. The first-order valence-electron chi connectivity index (χ1n) is 23.5. The molecule has 1 aliphatic heterocycles. The first-order valence-corrected chi connectivity index (χ1v) is 25.8. The van der Waals surface area contributed by atoms with Crippen molar-refractivity contribution in [3.63, 3.8) is 0 Å². The van der Waals surface area contributed by atoms with E-state index in [-0.39, 0.29) is 55.9 Å². The number of hydrogen-bond acceptors (Lipinski definition) is 16. The Kier molecular flexibility index (Phi) is 33.6. The Balaban J connectivity index is 0.000000707. The highest BCUT2D eigenvalue weighted by atomic mass is 33.1. The zero-order chi connectivity index (χ0) is 50.0. The molecule has 3 atom stereocenters. The number of allylic oxidation sites excluding steroid dienone is 10. The van der Waals surface area contributed by atoms with Crippen LogP contribution in [0.4, 0.5) is 4.79 Å². The van der Waals surface area contributed by atoms with Crippen LogP contribution in [0.15, 0.2) is 73.2 Å². The second-order valence-corrected chi connectivity index (χ2v) is 19.2. The summed E-state index contributed by atoms with van der Waals surface area (Å²) in [7, 11) is 3.91. The van der Waals surface area contributed by atoms with E-state index in [4.69, 9.17) is 18.9 Å². The second-order valence-electron chi connectivity index (χ2n) is 16.2. The van der Waals surface area contributed by atoms with Crippen LogP contribution in [-0.2, 0) is 54.8 Å². The third kappa shape index (κ3) is 27.3. The van der Waals surface area contributed by atoms with Gasteiger partial charge < -0.3 is 50.2 Å². The molecule has 8 N–H and O–H groups in total. The molecule has 16 nitrogen and oxygen atoms in total. The molecule has 1 fully saturated rings. The van der Waals surface area contributed by atoms with Gasteiger partial charge in [0.2, 0.25) is 12.6 Å². The number of ether oxygens (including phenoxy) is 4. The fourth-order valence-corrected chi connectivity index (χ4v) is 9.74. The van der Waals surface area contributed by atoms with Gasteiger partial charge >= 0.3 is 18.0 Å². The summed E-state index contributed by atoms with van der Waals surface area (Å²) in [6.45, 7) is 10.7. The summed E-state index contributed by atoms with van der Waals surface area (Å²) in [6.07, 6.45) is 32.9. The van der Waals surface area contributed by atoms with Gasteiger partial charge in [-0.05, 0) is 91.9 Å². The van der Waals surface area contributed by atoms with Crippen LogP contribution in [0.3, 0.4) is 0 Å². The van der Waals surface area contributed by atoms with E-state index in [1.807, 2.05) is 27.7 Å². The number of esters is 2. The number of pyridine rings is 2. The van der Waals surface area contributed by atoms with Crippen molar-refractivity contribution in [2.24, 2.45) is 0 Å². The van der Waals surface area contributed by atoms with Crippen molar-refractivity contribution < 1.29 is 59.2 Å². The minimum Gasteiger partial charge on any atom is -0.506 e. The number of alkyl carbamates (subject to hydrolysis) is 1. The first-order chi connectivity index (χ1) is 32.7. The van der Waals surface area contributed by atoms with Crippen molar-refractivity contribution in [3.05, 3.63) is 107 Å². The third-order valence-corrected chi connectivity index (χ3v) is 13.8. The van der Waals surface area contributed by atoms with Gasteiger partial charge in [-0.3, -0.25) is 24.9 Å². The number of aromatic hydroxyl groups is 2.